The molecule has 0 heterocycles. The molecule has 1 unspecified atom stereocenters. The zero-order valence-corrected chi connectivity index (χ0v) is 8.85. The van der Waals surface area contributed by atoms with Gasteiger partial charge in [-0.05, 0) is 25.1 Å². The molecule has 0 spiro atoms. The van der Waals surface area contributed by atoms with Crippen molar-refractivity contribution in [2.24, 2.45) is 5.73 Å². The number of hydrogen-bond acceptors (Lipinski definition) is 4. The van der Waals surface area contributed by atoms with Crippen molar-refractivity contribution in [1.82, 2.24) is 0 Å². The summed E-state index contributed by atoms with van der Waals surface area (Å²) < 4.78 is 10.4. The van der Waals surface area contributed by atoms with Gasteiger partial charge in [-0.3, -0.25) is 0 Å². The first-order valence-corrected chi connectivity index (χ1v) is 4.91. The molecular weight excluding hydrogens is 194 g/mol. The normalized spacial score (nSPS) is 12.2. The minimum absolute atomic E-state index is 0.254. The van der Waals surface area contributed by atoms with Gasteiger partial charge in [0.1, 0.15) is 18.1 Å². The summed E-state index contributed by atoms with van der Waals surface area (Å²) in [6.45, 7) is 0.715. The van der Waals surface area contributed by atoms with E-state index in [-0.39, 0.29) is 6.61 Å². The Morgan fingerprint density at radius 2 is 2.13 bits per heavy atom. The van der Waals surface area contributed by atoms with E-state index in [9.17, 15) is 5.11 Å². The van der Waals surface area contributed by atoms with E-state index in [2.05, 4.69) is 0 Å². The van der Waals surface area contributed by atoms with Crippen LogP contribution in [-0.2, 0) is 0 Å². The van der Waals surface area contributed by atoms with Gasteiger partial charge in [0.25, 0.3) is 0 Å². The Balaban J connectivity index is 2.43. The highest BCUT2D eigenvalue weighted by atomic mass is 16.5. The molecule has 3 N–H and O–H groups in total. The summed E-state index contributed by atoms with van der Waals surface area (Å²) in [7, 11) is 1.60. The Kier molecular flexibility index (Phi) is 4.93. The molecule has 4 nitrogen and oxygen atoms in total. The standard InChI is InChI=1S/C11H17NO3/c1-14-10-3-2-4-11(7-10)15-8-9(13)5-6-12/h2-4,7,9,13H,5-6,8,12H2,1H3. The molecule has 0 amide bonds. The molecule has 0 saturated carbocycles. The molecule has 4 heteroatoms. The predicted octanol–water partition coefficient (Wildman–Crippen LogP) is 0.784. The lowest BCUT2D eigenvalue weighted by molar-refractivity contribution is 0.102. The molecule has 0 aromatic heterocycles. The van der Waals surface area contributed by atoms with Crippen LogP contribution in [-0.4, -0.2) is 31.5 Å². The third-order valence-corrected chi connectivity index (χ3v) is 1.98. The van der Waals surface area contributed by atoms with Crippen LogP contribution in [0.4, 0.5) is 0 Å². The van der Waals surface area contributed by atoms with E-state index in [1.807, 2.05) is 18.2 Å². The Morgan fingerprint density at radius 3 is 2.80 bits per heavy atom. The Labute approximate surface area is 89.6 Å². The van der Waals surface area contributed by atoms with Crippen LogP contribution < -0.4 is 15.2 Å². The summed E-state index contributed by atoms with van der Waals surface area (Å²) in [5.74, 6) is 1.42. The minimum Gasteiger partial charge on any atom is -0.497 e. The van der Waals surface area contributed by atoms with Crippen molar-refractivity contribution in [1.29, 1.82) is 0 Å². The third kappa shape index (κ3) is 4.18. The van der Waals surface area contributed by atoms with Gasteiger partial charge in [0.15, 0.2) is 0 Å². The van der Waals surface area contributed by atoms with E-state index >= 15 is 0 Å². The lowest BCUT2D eigenvalue weighted by Crippen LogP contribution is -2.21. The number of aliphatic hydroxyl groups is 1. The second-order valence-corrected chi connectivity index (χ2v) is 3.22. The molecule has 0 saturated heterocycles. The number of ether oxygens (including phenoxy) is 2. The molecule has 0 bridgehead atoms. The van der Waals surface area contributed by atoms with Crippen LogP contribution in [0.25, 0.3) is 0 Å². The van der Waals surface area contributed by atoms with Crippen LogP contribution in [0.15, 0.2) is 24.3 Å². The van der Waals surface area contributed by atoms with Gasteiger partial charge < -0.3 is 20.3 Å². The second kappa shape index (κ2) is 6.27. The maximum Gasteiger partial charge on any atom is 0.123 e. The van der Waals surface area contributed by atoms with Gasteiger partial charge in [-0.1, -0.05) is 6.07 Å². The molecule has 1 atom stereocenters. The first-order chi connectivity index (χ1) is 7.26. The predicted molar refractivity (Wildman–Crippen MR) is 58.2 cm³/mol. The van der Waals surface area contributed by atoms with Crippen molar-refractivity contribution >= 4 is 0 Å². The molecule has 0 aliphatic rings. The Morgan fingerprint density at radius 1 is 1.40 bits per heavy atom. The maximum atomic E-state index is 9.40. The van der Waals surface area contributed by atoms with Crippen LogP contribution in [0.5, 0.6) is 11.5 Å². The molecule has 0 aliphatic carbocycles. The van der Waals surface area contributed by atoms with Crippen molar-refractivity contribution < 1.29 is 14.6 Å². The van der Waals surface area contributed by atoms with Crippen molar-refractivity contribution in [3.63, 3.8) is 0 Å². The largest absolute Gasteiger partial charge is 0.497 e. The summed E-state index contributed by atoms with van der Waals surface area (Å²) in [5, 5.41) is 9.40. The second-order valence-electron chi connectivity index (χ2n) is 3.22. The molecule has 1 rings (SSSR count). The molecule has 0 aliphatic heterocycles. The van der Waals surface area contributed by atoms with Gasteiger partial charge >= 0.3 is 0 Å². The first kappa shape index (κ1) is 11.8. The molecule has 0 radical (unpaired) electrons. The van der Waals surface area contributed by atoms with Gasteiger partial charge in [0.05, 0.1) is 13.2 Å². The van der Waals surface area contributed by atoms with E-state index < -0.39 is 6.10 Å². The maximum absolute atomic E-state index is 9.40. The van der Waals surface area contributed by atoms with Crippen LogP contribution in [0.1, 0.15) is 6.42 Å². The lowest BCUT2D eigenvalue weighted by Gasteiger charge is -2.11. The summed E-state index contributed by atoms with van der Waals surface area (Å²) >= 11 is 0. The molecule has 84 valence electrons. The Bertz CT molecular complexity index is 291. The zero-order valence-electron chi connectivity index (χ0n) is 8.85. The first-order valence-electron chi connectivity index (χ1n) is 4.91. The van der Waals surface area contributed by atoms with Gasteiger partial charge in [-0.2, -0.15) is 0 Å². The summed E-state index contributed by atoms with van der Waals surface area (Å²) in [5.41, 5.74) is 5.31. The fraction of sp³-hybridized carbons (Fsp3) is 0.455. The lowest BCUT2D eigenvalue weighted by atomic mass is 10.2. The summed E-state index contributed by atoms with van der Waals surface area (Å²) in [6, 6.07) is 7.26. The average molecular weight is 211 g/mol. The van der Waals surface area contributed by atoms with E-state index in [1.165, 1.54) is 0 Å². The number of nitrogens with two attached hydrogens (primary N) is 1. The van der Waals surface area contributed by atoms with Crippen molar-refractivity contribution in [3.05, 3.63) is 24.3 Å². The molecular formula is C11H17NO3. The number of methoxy groups -OCH3 is 1. The number of hydrogen-bond donors (Lipinski definition) is 2. The highest BCUT2D eigenvalue weighted by Crippen LogP contribution is 2.18. The van der Waals surface area contributed by atoms with E-state index in [0.29, 0.717) is 18.7 Å². The topological polar surface area (TPSA) is 64.7 Å². The number of benzene rings is 1. The van der Waals surface area contributed by atoms with Gasteiger partial charge in [0, 0.05) is 6.07 Å². The fourth-order valence-electron chi connectivity index (χ4n) is 1.16. The smallest absolute Gasteiger partial charge is 0.123 e. The molecule has 15 heavy (non-hydrogen) atoms. The third-order valence-electron chi connectivity index (χ3n) is 1.98. The van der Waals surface area contributed by atoms with E-state index in [1.54, 1.807) is 13.2 Å². The fourth-order valence-corrected chi connectivity index (χ4v) is 1.16. The molecule has 1 aromatic rings. The van der Waals surface area contributed by atoms with Crippen molar-refractivity contribution in [3.8, 4) is 11.5 Å². The monoisotopic (exact) mass is 211 g/mol. The van der Waals surface area contributed by atoms with E-state index in [0.717, 1.165) is 5.75 Å². The van der Waals surface area contributed by atoms with Gasteiger partial charge in [-0.15, -0.1) is 0 Å². The highest BCUT2D eigenvalue weighted by Gasteiger charge is 2.04. The van der Waals surface area contributed by atoms with Gasteiger partial charge in [-0.25, -0.2) is 0 Å². The van der Waals surface area contributed by atoms with Crippen molar-refractivity contribution in [2.45, 2.75) is 12.5 Å². The summed E-state index contributed by atoms with van der Waals surface area (Å²) in [4.78, 5) is 0. The quantitative estimate of drug-likeness (QED) is 0.730. The number of rotatable bonds is 6. The SMILES string of the molecule is COc1cccc(OCC(O)CCN)c1. The highest BCUT2D eigenvalue weighted by molar-refractivity contribution is 5.32. The van der Waals surface area contributed by atoms with Gasteiger partial charge in [0.2, 0.25) is 0 Å². The van der Waals surface area contributed by atoms with E-state index in [4.69, 9.17) is 15.2 Å². The van der Waals surface area contributed by atoms with Crippen molar-refractivity contribution in [2.75, 3.05) is 20.3 Å². The number of aliphatic hydroxyl groups excluding tert-OH is 1. The van der Waals surface area contributed by atoms with Crippen LogP contribution in [0, 0.1) is 0 Å². The minimum atomic E-state index is -0.513. The zero-order chi connectivity index (χ0) is 11.1. The molecule has 1 aromatic carbocycles. The summed E-state index contributed by atoms with van der Waals surface area (Å²) in [6.07, 6.45) is 0.0328. The van der Waals surface area contributed by atoms with Crippen LogP contribution >= 0.6 is 0 Å². The van der Waals surface area contributed by atoms with Crippen LogP contribution in [0.3, 0.4) is 0 Å². The van der Waals surface area contributed by atoms with Crippen LogP contribution in [0.2, 0.25) is 0 Å². The Hall–Kier alpha value is -1.26. The molecule has 0 fully saturated rings. The average Bonchev–Trinajstić information content (AvgIpc) is 2.27.